The molecule has 180 valence electrons. The van der Waals surface area contributed by atoms with Crippen molar-refractivity contribution in [3.63, 3.8) is 0 Å². The van der Waals surface area contributed by atoms with Crippen LogP contribution in [0, 0.1) is 16.0 Å². The second-order valence-corrected chi connectivity index (χ2v) is 8.84. The lowest BCUT2D eigenvalue weighted by molar-refractivity contribution is -0.384. The summed E-state index contributed by atoms with van der Waals surface area (Å²) in [7, 11) is 1.60. The lowest BCUT2D eigenvalue weighted by Crippen LogP contribution is -2.56. The number of hydrogen-bond donors (Lipinski definition) is 1. The van der Waals surface area contributed by atoms with Crippen LogP contribution in [0.2, 0.25) is 0 Å². The summed E-state index contributed by atoms with van der Waals surface area (Å²) in [6.45, 7) is 2.22. The molecule has 0 aromatic heterocycles. The number of ether oxygens (including phenoxy) is 1. The molecule has 1 aliphatic heterocycles. The first-order valence-electron chi connectivity index (χ1n) is 11.7. The minimum absolute atomic E-state index is 0.0182. The Labute approximate surface area is 198 Å². The van der Waals surface area contributed by atoms with Gasteiger partial charge in [-0.05, 0) is 43.0 Å². The normalized spacial score (nSPS) is 17.9. The lowest BCUT2D eigenvalue weighted by atomic mass is 9.94. The zero-order chi connectivity index (χ0) is 24.1. The third kappa shape index (κ3) is 5.36. The van der Waals surface area contributed by atoms with Gasteiger partial charge in [0.1, 0.15) is 5.75 Å². The molecule has 4 rings (SSSR count). The quantitative estimate of drug-likeness (QED) is 0.494. The van der Waals surface area contributed by atoms with Gasteiger partial charge in [-0.1, -0.05) is 18.9 Å². The maximum atomic E-state index is 13.4. The van der Waals surface area contributed by atoms with Crippen LogP contribution in [-0.2, 0) is 4.79 Å². The molecule has 1 saturated carbocycles. The van der Waals surface area contributed by atoms with E-state index in [0.717, 1.165) is 25.7 Å². The maximum Gasteiger partial charge on any atom is 0.269 e. The summed E-state index contributed by atoms with van der Waals surface area (Å²) in [6, 6.07) is 12.8. The van der Waals surface area contributed by atoms with Crippen LogP contribution >= 0.6 is 0 Å². The predicted octanol–water partition coefficient (Wildman–Crippen LogP) is 3.56. The van der Waals surface area contributed by atoms with Crippen molar-refractivity contribution in [3.8, 4) is 5.75 Å². The largest absolute Gasteiger partial charge is 0.497 e. The van der Waals surface area contributed by atoms with Crippen LogP contribution in [0.15, 0.2) is 48.5 Å². The third-order valence-electron chi connectivity index (χ3n) is 6.77. The van der Waals surface area contributed by atoms with Crippen molar-refractivity contribution < 1.29 is 19.2 Å². The second kappa shape index (κ2) is 10.6. The number of benzene rings is 2. The molecule has 34 heavy (non-hydrogen) atoms. The number of nitrogens with zero attached hydrogens (tertiary/aromatic N) is 3. The molecule has 0 bridgehead atoms. The number of methoxy groups -OCH3 is 1. The van der Waals surface area contributed by atoms with E-state index in [1.807, 2.05) is 24.3 Å². The molecule has 1 heterocycles. The van der Waals surface area contributed by atoms with Crippen molar-refractivity contribution in [2.24, 2.45) is 5.92 Å². The highest BCUT2D eigenvalue weighted by atomic mass is 16.6. The van der Waals surface area contributed by atoms with E-state index in [4.69, 9.17) is 4.74 Å². The number of rotatable bonds is 7. The van der Waals surface area contributed by atoms with Crippen molar-refractivity contribution in [1.82, 2.24) is 9.80 Å². The van der Waals surface area contributed by atoms with Crippen molar-refractivity contribution in [2.75, 3.05) is 38.6 Å². The van der Waals surface area contributed by atoms with E-state index in [1.54, 1.807) is 12.0 Å². The molecule has 1 atom stereocenters. The Balaban J connectivity index is 1.42. The van der Waals surface area contributed by atoms with Crippen LogP contribution in [0.4, 0.5) is 11.4 Å². The maximum absolute atomic E-state index is 13.4. The number of nitrogens with one attached hydrogen (secondary N) is 1. The molecule has 2 fully saturated rings. The van der Waals surface area contributed by atoms with Crippen molar-refractivity contribution >= 4 is 23.2 Å². The van der Waals surface area contributed by atoms with Crippen molar-refractivity contribution in [3.05, 3.63) is 64.2 Å². The number of nitro benzene ring substituents is 1. The zero-order valence-corrected chi connectivity index (χ0v) is 19.3. The first-order valence-corrected chi connectivity index (χ1v) is 11.7. The number of hydrogen-bond acceptors (Lipinski definition) is 6. The molecule has 1 saturated heterocycles. The Morgan fingerprint density at radius 2 is 1.74 bits per heavy atom. The number of anilines is 1. The molecule has 9 nitrogen and oxygen atoms in total. The zero-order valence-electron chi connectivity index (χ0n) is 19.3. The average molecular weight is 467 g/mol. The van der Waals surface area contributed by atoms with Crippen LogP contribution in [-0.4, -0.2) is 65.9 Å². The van der Waals surface area contributed by atoms with Crippen LogP contribution < -0.4 is 10.1 Å². The van der Waals surface area contributed by atoms with E-state index in [-0.39, 0.29) is 23.5 Å². The Bertz CT molecular complexity index is 1030. The highest BCUT2D eigenvalue weighted by Gasteiger charge is 2.37. The Hall–Kier alpha value is -3.46. The Kier molecular flexibility index (Phi) is 7.42. The van der Waals surface area contributed by atoms with Crippen molar-refractivity contribution in [1.29, 1.82) is 0 Å². The third-order valence-corrected chi connectivity index (χ3v) is 6.77. The summed E-state index contributed by atoms with van der Waals surface area (Å²) in [5, 5.41) is 13.9. The Morgan fingerprint density at radius 1 is 1.06 bits per heavy atom. The molecular formula is C25H30N4O5. The average Bonchev–Trinajstić information content (AvgIpc) is 3.38. The summed E-state index contributed by atoms with van der Waals surface area (Å²) < 4.78 is 5.27. The molecule has 2 amide bonds. The minimum atomic E-state index is -0.479. The summed E-state index contributed by atoms with van der Waals surface area (Å²) in [5.74, 6) is 0.819. The van der Waals surface area contributed by atoms with E-state index >= 15 is 0 Å². The van der Waals surface area contributed by atoms with Crippen LogP contribution in [0.25, 0.3) is 0 Å². The molecule has 1 aliphatic carbocycles. The van der Waals surface area contributed by atoms with Gasteiger partial charge in [-0.15, -0.1) is 0 Å². The fourth-order valence-corrected chi connectivity index (χ4v) is 4.98. The van der Waals surface area contributed by atoms with Crippen LogP contribution in [0.5, 0.6) is 5.75 Å². The van der Waals surface area contributed by atoms with E-state index in [1.165, 1.54) is 24.3 Å². The first-order chi connectivity index (χ1) is 16.5. The van der Waals surface area contributed by atoms with Gasteiger partial charge in [0, 0.05) is 55.6 Å². The smallest absolute Gasteiger partial charge is 0.269 e. The van der Waals surface area contributed by atoms with Gasteiger partial charge in [-0.3, -0.25) is 24.6 Å². The van der Waals surface area contributed by atoms with Gasteiger partial charge in [0.2, 0.25) is 5.91 Å². The van der Waals surface area contributed by atoms with Gasteiger partial charge in [0.05, 0.1) is 18.1 Å². The molecule has 0 radical (unpaired) electrons. The standard InChI is InChI=1S/C25H30N4O5/c1-34-22-8-4-7-20(17-22)26-24(30)23(18-5-2-3-6-18)27-13-15-28(16-14-27)25(31)19-9-11-21(12-10-19)29(32)33/h4,7-12,17-18,23H,2-3,5-6,13-16H2,1H3,(H,26,30). The fraction of sp³-hybridized carbons (Fsp3) is 0.440. The number of carbonyl (C=O) groups is 2. The van der Waals surface area contributed by atoms with Crippen LogP contribution in [0.1, 0.15) is 36.0 Å². The van der Waals surface area contributed by atoms with E-state index in [9.17, 15) is 19.7 Å². The highest BCUT2D eigenvalue weighted by Crippen LogP contribution is 2.32. The molecule has 2 aliphatic rings. The summed E-state index contributed by atoms with van der Waals surface area (Å²) in [4.78, 5) is 40.6. The molecular weight excluding hydrogens is 436 g/mol. The van der Waals surface area contributed by atoms with E-state index < -0.39 is 4.92 Å². The number of non-ortho nitro benzene ring substituents is 1. The molecule has 2 aromatic carbocycles. The van der Waals surface area contributed by atoms with Gasteiger partial charge in [-0.2, -0.15) is 0 Å². The van der Waals surface area contributed by atoms with Gasteiger partial charge in [0.25, 0.3) is 11.6 Å². The molecule has 2 aromatic rings. The second-order valence-electron chi connectivity index (χ2n) is 8.84. The van der Waals surface area contributed by atoms with E-state index in [0.29, 0.717) is 49.1 Å². The molecule has 0 spiro atoms. The molecule has 9 heteroatoms. The summed E-state index contributed by atoms with van der Waals surface area (Å²) >= 11 is 0. The SMILES string of the molecule is COc1cccc(NC(=O)C(C2CCCC2)N2CCN(C(=O)c3ccc([N+](=O)[O-])cc3)CC2)c1. The fourth-order valence-electron chi connectivity index (χ4n) is 4.98. The summed E-state index contributed by atoms with van der Waals surface area (Å²) in [6.07, 6.45) is 4.31. The number of carbonyl (C=O) groups excluding carboxylic acids is 2. The van der Waals surface area contributed by atoms with Crippen molar-refractivity contribution in [2.45, 2.75) is 31.7 Å². The van der Waals surface area contributed by atoms with Gasteiger partial charge >= 0.3 is 0 Å². The number of nitro groups is 1. The van der Waals surface area contributed by atoms with Gasteiger partial charge < -0.3 is 15.0 Å². The Morgan fingerprint density at radius 3 is 2.35 bits per heavy atom. The molecule has 1 N–H and O–H groups in total. The van der Waals surface area contributed by atoms with Gasteiger partial charge in [0.15, 0.2) is 0 Å². The van der Waals surface area contributed by atoms with E-state index in [2.05, 4.69) is 10.2 Å². The van der Waals surface area contributed by atoms with Gasteiger partial charge in [-0.25, -0.2) is 0 Å². The first kappa shape index (κ1) is 23.7. The monoisotopic (exact) mass is 466 g/mol. The highest BCUT2D eigenvalue weighted by molar-refractivity contribution is 5.96. The topological polar surface area (TPSA) is 105 Å². The van der Waals surface area contributed by atoms with Crippen LogP contribution in [0.3, 0.4) is 0 Å². The number of amides is 2. The molecule has 1 unspecified atom stereocenters. The number of piperazine rings is 1. The minimum Gasteiger partial charge on any atom is -0.497 e. The predicted molar refractivity (Wildman–Crippen MR) is 128 cm³/mol. The lowest BCUT2D eigenvalue weighted by Gasteiger charge is -2.40. The summed E-state index contributed by atoms with van der Waals surface area (Å²) in [5.41, 5.74) is 1.10.